The fourth-order valence-electron chi connectivity index (χ4n) is 5.60. The van der Waals surface area contributed by atoms with Crippen LogP contribution in [0.3, 0.4) is 0 Å². The Balaban J connectivity index is 1.72. The molecule has 0 unspecified atom stereocenters. The molecule has 0 amide bonds. The second-order valence-electron chi connectivity index (χ2n) is 8.90. The summed E-state index contributed by atoms with van der Waals surface area (Å²) >= 11 is 0. The Hall–Kier alpha value is -4.42. The van der Waals surface area contributed by atoms with Crippen LogP contribution in [0.25, 0.3) is 65.3 Å². The van der Waals surface area contributed by atoms with E-state index in [4.69, 9.17) is 0 Å². The lowest BCUT2D eigenvalue weighted by Crippen LogP contribution is -1.92. The van der Waals surface area contributed by atoms with Crippen molar-refractivity contribution < 1.29 is 0 Å². The van der Waals surface area contributed by atoms with Crippen LogP contribution in [0.5, 0.6) is 0 Å². The van der Waals surface area contributed by atoms with Crippen LogP contribution < -0.4 is 0 Å². The molecule has 0 saturated carbocycles. The summed E-state index contributed by atoms with van der Waals surface area (Å²) in [5.41, 5.74) is 5.17. The van der Waals surface area contributed by atoms with Crippen LogP contribution >= 0.6 is 0 Å². The smallest absolute Gasteiger partial charge is 0.00199 e. The second-order valence-corrected chi connectivity index (χ2v) is 8.90. The van der Waals surface area contributed by atoms with Gasteiger partial charge in [-0.2, -0.15) is 0 Å². The van der Waals surface area contributed by atoms with E-state index in [-0.39, 0.29) is 0 Å². The first kappa shape index (κ1) is 19.1. The van der Waals surface area contributed by atoms with Gasteiger partial charge in [-0.3, -0.25) is 0 Å². The molecule has 0 spiro atoms. The van der Waals surface area contributed by atoms with Gasteiger partial charge in [0.1, 0.15) is 0 Å². The topological polar surface area (TPSA) is 0 Å². The Bertz CT molecular complexity index is 1790. The Morgan fingerprint density at radius 3 is 1.47 bits per heavy atom. The largest absolute Gasteiger partial charge is 0.0622 e. The molecule has 0 nitrogen and oxygen atoms in total. The zero-order valence-electron chi connectivity index (χ0n) is 18.7. The summed E-state index contributed by atoms with van der Waals surface area (Å²) in [7, 11) is 0. The summed E-state index contributed by atoms with van der Waals surface area (Å²) < 4.78 is 0. The summed E-state index contributed by atoms with van der Waals surface area (Å²) in [5, 5.41) is 10.3. The SMILES string of the molecule is c1ccc(-c2c3ccccc3c(-c3cccc4ccc5ccccc5c34)c3ccccc23)cc1. The minimum atomic E-state index is 1.25. The highest BCUT2D eigenvalue weighted by Crippen LogP contribution is 2.46. The van der Waals surface area contributed by atoms with Gasteiger partial charge in [-0.05, 0) is 65.3 Å². The van der Waals surface area contributed by atoms with E-state index in [0.717, 1.165) is 0 Å². The van der Waals surface area contributed by atoms with Crippen LogP contribution in [0.4, 0.5) is 0 Å². The summed E-state index contributed by atoms with van der Waals surface area (Å²) in [6.45, 7) is 0. The third-order valence-electron chi connectivity index (χ3n) is 7.03. The van der Waals surface area contributed by atoms with Crippen molar-refractivity contribution in [2.24, 2.45) is 0 Å². The molecular formula is C34H22. The van der Waals surface area contributed by atoms with E-state index in [2.05, 4.69) is 133 Å². The van der Waals surface area contributed by atoms with Gasteiger partial charge in [-0.25, -0.2) is 0 Å². The molecule has 0 fully saturated rings. The highest BCUT2D eigenvalue weighted by molar-refractivity contribution is 6.25. The average Bonchev–Trinajstić information content (AvgIpc) is 2.91. The predicted molar refractivity (Wildman–Crippen MR) is 147 cm³/mol. The molecule has 0 atom stereocenters. The van der Waals surface area contributed by atoms with E-state index in [9.17, 15) is 0 Å². The molecule has 0 radical (unpaired) electrons. The molecule has 0 heterocycles. The van der Waals surface area contributed by atoms with Gasteiger partial charge in [0.15, 0.2) is 0 Å². The fraction of sp³-hybridized carbons (Fsp3) is 0. The lowest BCUT2D eigenvalue weighted by molar-refractivity contribution is 1.66. The minimum absolute atomic E-state index is 1.25. The van der Waals surface area contributed by atoms with E-state index in [0.29, 0.717) is 0 Å². The maximum absolute atomic E-state index is 2.30. The van der Waals surface area contributed by atoms with E-state index in [1.165, 1.54) is 65.3 Å². The maximum Gasteiger partial charge on any atom is -0.00199 e. The van der Waals surface area contributed by atoms with Gasteiger partial charge in [-0.15, -0.1) is 0 Å². The molecule has 0 heteroatoms. The molecule has 0 aliphatic heterocycles. The normalized spacial score (nSPS) is 11.5. The molecule has 0 saturated heterocycles. The molecule has 34 heavy (non-hydrogen) atoms. The molecule has 0 bridgehead atoms. The van der Waals surface area contributed by atoms with Crippen molar-refractivity contribution in [1.29, 1.82) is 0 Å². The van der Waals surface area contributed by atoms with Gasteiger partial charge in [0.2, 0.25) is 0 Å². The van der Waals surface area contributed by atoms with Crippen molar-refractivity contribution >= 4 is 43.1 Å². The van der Waals surface area contributed by atoms with Crippen LogP contribution in [0.2, 0.25) is 0 Å². The summed E-state index contributed by atoms with van der Waals surface area (Å²) in [4.78, 5) is 0. The Labute approximate surface area is 198 Å². The first-order valence-electron chi connectivity index (χ1n) is 11.8. The van der Waals surface area contributed by atoms with Crippen molar-refractivity contribution in [3.63, 3.8) is 0 Å². The highest BCUT2D eigenvalue weighted by Gasteiger charge is 2.18. The van der Waals surface area contributed by atoms with Crippen LogP contribution in [-0.2, 0) is 0 Å². The van der Waals surface area contributed by atoms with E-state index in [1.807, 2.05) is 0 Å². The molecule has 0 aromatic heterocycles. The van der Waals surface area contributed by atoms with Crippen molar-refractivity contribution in [2.75, 3.05) is 0 Å². The minimum Gasteiger partial charge on any atom is -0.0622 e. The first-order chi connectivity index (χ1) is 16.9. The van der Waals surface area contributed by atoms with Crippen LogP contribution in [0, 0.1) is 0 Å². The first-order valence-corrected chi connectivity index (χ1v) is 11.8. The third-order valence-corrected chi connectivity index (χ3v) is 7.03. The van der Waals surface area contributed by atoms with Crippen LogP contribution in [-0.4, -0.2) is 0 Å². The number of hydrogen-bond donors (Lipinski definition) is 0. The molecule has 0 N–H and O–H groups in total. The molecule has 7 aromatic carbocycles. The molecule has 7 aromatic rings. The molecule has 7 rings (SSSR count). The monoisotopic (exact) mass is 430 g/mol. The highest BCUT2D eigenvalue weighted by atomic mass is 14.2. The summed E-state index contributed by atoms with van der Waals surface area (Å²) in [5.74, 6) is 0. The lowest BCUT2D eigenvalue weighted by Gasteiger charge is -2.19. The molecular weight excluding hydrogens is 408 g/mol. The number of rotatable bonds is 2. The Morgan fingerprint density at radius 2 is 0.794 bits per heavy atom. The van der Waals surface area contributed by atoms with Gasteiger partial charge in [0, 0.05) is 0 Å². The Kier molecular flexibility index (Phi) is 4.25. The van der Waals surface area contributed by atoms with Crippen LogP contribution in [0.1, 0.15) is 0 Å². The predicted octanol–water partition coefficient (Wildman–Crippen LogP) is 9.63. The van der Waals surface area contributed by atoms with Gasteiger partial charge in [-0.1, -0.05) is 133 Å². The second kappa shape index (κ2) is 7.57. The van der Waals surface area contributed by atoms with E-state index >= 15 is 0 Å². The summed E-state index contributed by atoms with van der Waals surface area (Å²) in [6, 6.07) is 48.5. The third kappa shape index (κ3) is 2.79. The number of fused-ring (bicyclic) bond motifs is 5. The quantitative estimate of drug-likeness (QED) is 0.189. The summed E-state index contributed by atoms with van der Waals surface area (Å²) in [6.07, 6.45) is 0. The average molecular weight is 431 g/mol. The Morgan fingerprint density at radius 1 is 0.294 bits per heavy atom. The van der Waals surface area contributed by atoms with Gasteiger partial charge < -0.3 is 0 Å². The fourth-order valence-corrected chi connectivity index (χ4v) is 5.60. The van der Waals surface area contributed by atoms with E-state index < -0.39 is 0 Å². The van der Waals surface area contributed by atoms with E-state index in [1.54, 1.807) is 0 Å². The van der Waals surface area contributed by atoms with Gasteiger partial charge in [0.25, 0.3) is 0 Å². The van der Waals surface area contributed by atoms with Gasteiger partial charge in [0.05, 0.1) is 0 Å². The molecule has 158 valence electrons. The van der Waals surface area contributed by atoms with Crippen molar-refractivity contribution in [2.45, 2.75) is 0 Å². The van der Waals surface area contributed by atoms with Crippen molar-refractivity contribution in [3.05, 3.63) is 133 Å². The van der Waals surface area contributed by atoms with Crippen molar-refractivity contribution in [3.8, 4) is 22.3 Å². The molecule has 0 aliphatic carbocycles. The zero-order valence-corrected chi connectivity index (χ0v) is 18.7. The zero-order chi connectivity index (χ0) is 22.5. The maximum atomic E-state index is 2.30. The number of benzene rings is 7. The lowest BCUT2D eigenvalue weighted by atomic mass is 9.84. The van der Waals surface area contributed by atoms with Gasteiger partial charge >= 0.3 is 0 Å². The molecule has 0 aliphatic rings. The van der Waals surface area contributed by atoms with Crippen LogP contribution in [0.15, 0.2) is 133 Å². The van der Waals surface area contributed by atoms with Crippen molar-refractivity contribution in [1.82, 2.24) is 0 Å². The standard InChI is InChI=1S/C34H22/c1-2-12-24(13-3-1)33-27-16-6-8-18-29(27)34(30-19-9-7-17-28(30)33)31-20-10-14-25-22-21-23-11-4-5-15-26(23)32(25)31/h1-22H. The number of hydrogen-bond acceptors (Lipinski definition) is 0.